The minimum absolute atomic E-state index is 0.0894. The molecule has 0 spiro atoms. The lowest BCUT2D eigenvalue weighted by Crippen LogP contribution is -2.44. The molecule has 2 heterocycles. The summed E-state index contributed by atoms with van der Waals surface area (Å²) >= 11 is 1.46. The number of carbonyl (C=O) groups excluding carboxylic acids is 1. The molecule has 0 aromatic heterocycles. The minimum Gasteiger partial charge on any atom is -0.487 e. The third kappa shape index (κ3) is 4.99. The highest BCUT2D eigenvalue weighted by Crippen LogP contribution is 2.43. The van der Waals surface area contributed by atoms with Gasteiger partial charge in [-0.05, 0) is 62.6 Å². The Morgan fingerprint density at radius 2 is 1.82 bits per heavy atom. The first-order chi connectivity index (χ1) is 16.3. The molecule has 34 heavy (non-hydrogen) atoms. The van der Waals surface area contributed by atoms with Crippen LogP contribution in [-0.4, -0.2) is 44.2 Å². The molecule has 6 nitrogen and oxygen atoms in total. The fourth-order valence-corrected chi connectivity index (χ4v) is 6.76. The lowest BCUT2D eigenvalue weighted by molar-refractivity contribution is 0.0260. The van der Waals surface area contributed by atoms with Crippen LogP contribution in [0.4, 0.5) is 0 Å². The second-order valence-electron chi connectivity index (χ2n) is 9.12. The number of piperidine rings is 1. The van der Waals surface area contributed by atoms with Crippen molar-refractivity contribution in [3.63, 3.8) is 0 Å². The smallest absolute Gasteiger partial charge is 0.255 e. The van der Waals surface area contributed by atoms with Gasteiger partial charge in [-0.25, -0.2) is 13.1 Å². The summed E-state index contributed by atoms with van der Waals surface area (Å²) in [5.41, 5.74) is 0.884. The lowest BCUT2D eigenvalue weighted by Gasteiger charge is -2.41. The second kappa shape index (κ2) is 10.3. The Morgan fingerprint density at radius 1 is 1.12 bits per heavy atom. The molecule has 1 fully saturated rings. The second-order valence-corrected chi connectivity index (χ2v) is 11.7. The number of fused-ring (bicyclic) bond motifs is 1. The Balaban J connectivity index is 1.66. The van der Waals surface area contributed by atoms with Gasteiger partial charge in [0.15, 0.2) is 0 Å². The molecular formula is C26H34N2O4S2. The van der Waals surface area contributed by atoms with Gasteiger partial charge >= 0.3 is 0 Å². The summed E-state index contributed by atoms with van der Waals surface area (Å²) in [7, 11) is -3.87. The molecule has 0 bridgehead atoms. The van der Waals surface area contributed by atoms with Gasteiger partial charge < -0.3 is 9.64 Å². The van der Waals surface area contributed by atoms with Crippen LogP contribution in [-0.2, 0) is 10.0 Å². The molecule has 2 aromatic rings. The van der Waals surface area contributed by atoms with Crippen molar-refractivity contribution in [1.29, 1.82) is 0 Å². The van der Waals surface area contributed by atoms with Crippen LogP contribution in [0, 0.1) is 0 Å². The van der Waals surface area contributed by atoms with E-state index in [0.29, 0.717) is 12.0 Å². The van der Waals surface area contributed by atoms with Crippen LogP contribution in [0.1, 0.15) is 74.3 Å². The van der Waals surface area contributed by atoms with E-state index in [4.69, 9.17) is 4.74 Å². The number of nitrogens with one attached hydrogen (secondary N) is 1. The zero-order valence-corrected chi connectivity index (χ0v) is 21.8. The molecule has 0 aliphatic carbocycles. The highest BCUT2D eigenvalue weighted by atomic mass is 32.2. The Labute approximate surface area is 207 Å². The van der Waals surface area contributed by atoms with Crippen molar-refractivity contribution < 1.29 is 17.9 Å². The Hall–Kier alpha value is -2.03. The Bertz CT molecular complexity index is 1140. The standard InChI is InChI=1S/C26H34N2O4S2/c1-4-26(5-2)18-22(20-11-7-8-12-23(20)32-26)27-34(30,31)19-13-14-24(33-3)21(17-19)25(29)28-15-9-6-10-16-28/h7-8,11-14,17,22,27H,4-6,9-10,15-16,18H2,1-3H3/t22-/m1/s1. The van der Waals surface area contributed by atoms with E-state index < -0.39 is 21.7 Å². The summed E-state index contributed by atoms with van der Waals surface area (Å²) in [5.74, 6) is 0.636. The maximum absolute atomic E-state index is 13.6. The molecule has 1 saturated heterocycles. The number of amides is 1. The topological polar surface area (TPSA) is 75.7 Å². The molecule has 0 radical (unpaired) electrons. The summed E-state index contributed by atoms with van der Waals surface area (Å²) in [4.78, 5) is 16.0. The predicted molar refractivity (Wildman–Crippen MR) is 136 cm³/mol. The third-order valence-electron chi connectivity index (χ3n) is 7.14. The van der Waals surface area contributed by atoms with E-state index >= 15 is 0 Å². The number of carbonyl (C=O) groups is 1. The van der Waals surface area contributed by atoms with Gasteiger partial charge in [0.25, 0.3) is 5.91 Å². The van der Waals surface area contributed by atoms with Crippen LogP contribution >= 0.6 is 11.8 Å². The van der Waals surface area contributed by atoms with Crippen molar-refractivity contribution in [2.75, 3.05) is 19.3 Å². The first kappa shape index (κ1) is 25.1. The molecule has 0 saturated carbocycles. The van der Waals surface area contributed by atoms with Crippen LogP contribution in [0.2, 0.25) is 0 Å². The molecule has 2 aliphatic heterocycles. The number of para-hydroxylation sites is 1. The fraction of sp³-hybridized carbons (Fsp3) is 0.500. The first-order valence-corrected chi connectivity index (χ1v) is 14.8. The molecule has 2 aliphatic rings. The van der Waals surface area contributed by atoms with Gasteiger partial charge in [-0.15, -0.1) is 11.8 Å². The number of hydrogen-bond acceptors (Lipinski definition) is 5. The van der Waals surface area contributed by atoms with Gasteiger partial charge in [-0.1, -0.05) is 32.0 Å². The van der Waals surface area contributed by atoms with Gasteiger partial charge in [-0.2, -0.15) is 0 Å². The lowest BCUT2D eigenvalue weighted by atomic mass is 9.84. The average Bonchev–Trinajstić information content (AvgIpc) is 2.88. The van der Waals surface area contributed by atoms with Gasteiger partial charge in [-0.3, -0.25) is 4.79 Å². The van der Waals surface area contributed by atoms with Crippen molar-refractivity contribution in [3.05, 3.63) is 53.6 Å². The predicted octanol–water partition coefficient (Wildman–Crippen LogP) is 5.40. The van der Waals surface area contributed by atoms with Crippen molar-refractivity contribution in [2.24, 2.45) is 0 Å². The quantitative estimate of drug-likeness (QED) is 0.514. The van der Waals surface area contributed by atoms with E-state index in [1.165, 1.54) is 11.8 Å². The summed E-state index contributed by atoms with van der Waals surface area (Å²) in [6.07, 6.45) is 7.13. The molecule has 8 heteroatoms. The van der Waals surface area contributed by atoms with Gasteiger partial charge in [0, 0.05) is 30.0 Å². The fourth-order valence-electron chi connectivity index (χ4n) is 4.95. The number of nitrogens with zero attached hydrogens (tertiary/aromatic N) is 1. The zero-order valence-electron chi connectivity index (χ0n) is 20.2. The van der Waals surface area contributed by atoms with Crippen LogP contribution in [0.5, 0.6) is 5.75 Å². The SMILES string of the molecule is CCC1(CC)C[C@@H](NS(=O)(=O)c2ccc(SC)c(C(=O)N3CCCCC3)c2)c2ccccc2O1. The highest BCUT2D eigenvalue weighted by molar-refractivity contribution is 7.98. The molecule has 184 valence electrons. The molecule has 1 N–H and O–H groups in total. The molecule has 4 rings (SSSR count). The van der Waals surface area contributed by atoms with Crippen LogP contribution < -0.4 is 9.46 Å². The Morgan fingerprint density at radius 3 is 2.50 bits per heavy atom. The van der Waals surface area contributed by atoms with Crippen molar-refractivity contribution in [3.8, 4) is 5.75 Å². The zero-order chi connectivity index (χ0) is 24.3. The number of ether oxygens (including phenoxy) is 1. The number of thioether (sulfide) groups is 1. The number of benzene rings is 2. The normalized spacial score (nSPS) is 19.9. The summed E-state index contributed by atoms with van der Waals surface area (Å²) < 4.78 is 36.4. The first-order valence-electron chi connectivity index (χ1n) is 12.1. The van der Waals surface area contributed by atoms with E-state index in [9.17, 15) is 13.2 Å². The molecule has 1 amide bonds. The number of hydrogen-bond donors (Lipinski definition) is 1. The summed E-state index contributed by atoms with van der Waals surface area (Å²) in [6, 6.07) is 12.1. The van der Waals surface area contributed by atoms with Crippen LogP contribution in [0.3, 0.4) is 0 Å². The molecule has 2 aromatic carbocycles. The van der Waals surface area contributed by atoms with Crippen LogP contribution in [0.25, 0.3) is 0 Å². The van der Waals surface area contributed by atoms with E-state index in [0.717, 1.165) is 61.4 Å². The third-order valence-corrected chi connectivity index (χ3v) is 9.40. The van der Waals surface area contributed by atoms with E-state index in [2.05, 4.69) is 18.6 Å². The van der Waals surface area contributed by atoms with E-state index in [1.54, 1.807) is 18.2 Å². The number of sulfonamides is 1. The maximum atomic E-state index is 13.6. The maximum Gasteiger partial charge on any atom is 0.255 e. The van der Waals surface area contributed by atoms with Crippen LogP contribution in [0.15, 0.2) is 52.3 Å². The average molecular weight is 503 g/mol. The Kier molecular flexibility index (Phi) is 7.60. The molecule has 1 atom stereocenters. The monoisotopic (exact) mass is 502 g/mol. The number of rotatable bonds is 7. The van der Waals surface area contributed by atoms with Gasteiger partial charge in [0.1, 0.15) is 11.4 Å². The minimum atomic E-state index is -3.87. The summed E-state index contributed by atoms with van der Waals surface area (Å²) in [5, 5.41) is 0. The highest BCUT2D eigenvalue weighted by Gasteiger charge is 2.40. The van der Waals surface area contributed by atoms with Crippen molar-refractivity contribution >= 4 is 27.7 Å². The van der Waals surface area contributed by atoms with Crippen molar-refractivity contribution in [2.45, 2.75) is 73.8 Å². The van der Waals surface area contributed by atoms with E-state index in [-0.39, 0.29) is 10.8 Å². The molecular weight excluding hydrogens is 468 g/mol. The summed E-state index contributed by atoms with van der Waals surface area (Å²) in [6.45, 7) is 5.58. The van der Waals surface area contributed by atoms with Crippen molar-refractivity contribution in [1.82, 2.24) is 9.62 Å². The number of likely N-dealkylation sites (tertiary alicyclic amines) is 1. The molecule has 0 unspecified atom stereocenters. The van der Waals surface area contributed by atoms with E-state index in [1.807, 2.05) is 35.4 Å². The largest absolute Gasteiger partial charge is 0.487 e. The van der Waals surface area contributed by atoms with Gasteiger partial charge in [0.2, 0.25) is 10.0 Å². The van der Waals surface area contributed by atoms with Gasteiger partial charge in [0.05, 0.1) is 16.5 Å².